The van der Waals surface area contributed by atoms with Gasteiger partial charge in [0, 0.05) is 13.1 Å². The number of carbonyl (C=O) groups is 1. The van der Waals surface area contributed by atoms with Crippen LogP contribution in [-0.2, 0) is 4.74 Å². The van der Waals surface area contributed by atoms with Crippen molar-refractivity contribution in [2.75, 3.05) is 19.6 Å². The van der Waals surface area contributed by atoms with Crippen LogP contribution >= 0.6 is 11.3 Å². The molecule has 1 saturated heterocycles. The number of halogens is 2. The van der Waals surface area contributed by atoms with Crippen molar-refractivity contribution in [3.8, 4) is 0 Å². The molecule has 4 nitrogen and oxygen atoms in total. The molecule has 0 aliphatic carbocycles. The number of carbonyl (C=O) groups excluding carboxylic acids is 1. The number of piperidine rings is 1. The lowest BCUT2D eigenvalue weighted by molar-refractivity contribution is 0.00259. The number of ether oxygens (including phenoxy) is 1. The molecule has 0 amide bonds. The lowest BCUT2D eigenvalue weighted by atomic mass is 10.1. The number of hydrogen-bond donors (Lipinski definition) is 0. The third-order valence-corrected chi connectivity index (χ3v) is 4.04. The molecule has 1 aliphatic heterocycles. The number of esters is 1. The summed E-state index contributed by atoms with van der Waals surface area (Å²) in [6.45, 7) is 2.65. The van der Waals surface area contributed by atoms with Gasteiger partial charge in [-0.1, -0.05) is 0 Å². The van der Waals surface area contributed by atoms with E-state index in [9.17, 15) is 13.6 Å². The molecule has 0 atom stereocenters. The molecule has 0 radical (unpaired) electrons. The number of thiazole rings is 1. The second kappa shape index (κ2) is 6.38. The monoisotopic (exact) mass is 290 g/mol. The zero-order chi connectivity index (χ0) is 13.8. The van der Waals surface area contributed by atoms with Gasteiger partial charge in [-0.2, -0.15) is 0 Å². The largest absolute Gasteiger partial charge is 0.458 e. The van der Waals surface area contributed by atoms with E-state index < -0.39 is 6.43 Å². The normalized spacial score (nSPS) is 17.9. The fourth-order valence-corrected chi connectivity index (χ4v) is 2.79. The van der Waals surface area contributed by atoms with Gasteiger partial charge in [-0.15, -0.1) is 11.3 Å². The zero-order valence-electron chi connectivity index (χ0n) is 10.6. The highest BCUT2D eigenvalue weighted by Gasteiger charge is 2.25. The van der Waals surface area contributed by atoms with Crippen LogP contribution < -0.4 is 0 Å². The minimum Gasteiger partial charge on any atom is -0.458 e. The van der Waals surface area contributed by atoms with Crippen molar-refractivity contribution in [1.29, 1.82) is 0 Å². The van der Waals surface area contributed by atoms with Crippen LogP contribution in [-0.4, -0.2) is 48.0 Å². The quantitative estimate of drug-likeness (QED) is 0.798. The lowest BCUT2D eigenvalue weighted by Gasteiger charge is -2.31. The Labute approximate surface area is 114 Å². The zero-order valence-corrected chi connectivity index (χ0v) is 11.5. The van der Waals surface area contributed by atoms with Crippen LogP contribution in [0.15, 0.2) is 5.51 Å². The third kappa shape index (κ3) is 3.94. The van der Waals surface area contributed by atoms with Crippen LogP contribution in [0.1, 0.15) is 28.2 Å². The number of alkyl halides is 2. The van der Waals surface area contributed by atoms with Gasteiger partial charge in [0.05, 0.1) is 17.7 Å². The van der Waals surface area contributed by atoms with Crippen molar-refractivity contribution >= 4 is 17.3 Å². The van der Waals surface area contributed by atoms with Crippen molar-refractivity contribution in [1.82, 2.24) is 9.88 Å². The molecule has 0 unspecified atom stereocenters. The Morgan fingerprint density at radius 2 is 2.26 bits per heavy atom. The molecule has 106 valence electrons. The predicted molar refractivity (Wildman–Crippen MR) is 67.7 cm³/mol. The molecule has 7 heteroatoms. The molecular weight excluding hydrogens is 274 g/mol. The number of rotatable bonds is 4. The molecule has 1 fully saturated rings. The maximum Gasteiger partial charge on any atom is 0.350 e. The Morgan fingerprint density at radius 1 is 1.58 bits per heavy atom. The Kier molecular flexibility index (Phi) is 4.81. The van der Waals surface area contributed by atoms with Crippen LogP contribution in [0.2, 0.25) is 0 Å². The standard InChI is InChI=1S/C12H16F2N2O2S/c1-8-11(19-7-15-8)12(17)18-9-2-4-16(5-3-9)6-10(13)14/h7,9-10H,2-6H2,1H3. The summed E-state index contributed by atoms with van der Waals surface area (Å²) in [5, 5.41) is 0. The molecule has 19 heavy (non-hydrogen) atoms. The van der Waals surface area contributed by atoms with Gasteiger partial charge in [0.1, 0.15) is 11.0 Å². The van der Waals surface area contributed by atoms with E-state index in [1.54, 1.807) is 17.3 Å². The van der Waals surface area contributed by atoms with E-state index in [4.69, 9.17) is 4.74 Å². The minimum atomic E-state index is -2.31. The number of nitrogens with zero attached hydrogens (tertiary/aromatic N) is 2. The van der Waals surface area contributed by atoms with Crippen LogP contribution in [0.25, 0.3) is 0 Å². The highest BCUT2D eigenvalue weighted by atomic mass is 32.1. The van der Waals surface area contributed by atoms with Gasteiger partial charge < -0.3 is 4.74 Å². The van der Waals surface area contributed by atoms with Crippen LogP contribution in [0, 0.1) is 6.92 Å². The van der Waals surface area contributed by atoms with Crippen LogP contribution in [0.4, 0.5) is 8.78 Å². The summed E-state index contributed by atoms with van der Waals surface area (Å²) in [6.07, 6.45) is -1.27. The van der Waals surface area contributed by atoms with E-state index in [1.165, 1.54) is 11.3 Å². The van der Waals surface area contributed by atoms with Gasteiger partial charge in [0.15, 0.2) is 0 Å². The fourth-order valence-electron chi connectivity index (χ4n) is 2.11. The Hall–Kier alpha value is -1.08. The number of hydrogen-bond acceptors (Lipinski definition) is 5. The second-order valence-corrected chi connectivity index (χ2v) is 5.42. The summed E-state index contributed by atoms with van der Waals surface area (Å²) in [7, 11) is 0. The maximum absolute atomic E-state index is 12.2. The summed E-state index contributed by atoms with van der Waals surface area (Å²) in [5.74, 6) is -0.354. The molecular formula is C12H16F2N2O2S. The smallest absolute Gasteiger partial charge is 0.350 e. The fraction of sp³-hybridized carbons (Fsp3) is 0.667. The first-order valence-electron chi connectivity index (χ1n) is 6.18. The summed E-state index contributed by atoms with van der Waals surface area (Å²) < 4.78 is 29.8. The first kappa shape index (κ1) is 14.3. The van der Waals surface area contributed by atoms with Gasteiger partial charge in [-0.05, 0) is 19.8 Å². The van der Waals surface area contributed by atoms with Crippen molar-refractivity contribution in [3.63, 3.8) is 0 Å². The molecule has 1 aromatic heterocycles. The van der Waals surface area contributed by atoms with E-state index in [-0.39, 0.29) is 18.6 Å². The van der Waals surface area contributed by atoms with Gasteiger partial charge in [0.25, 0.3) is 6.43 Å². The summed E-state index contributed by atoms with van der Waals surface area (Å²) >= 11 is 1.26. The van der Waals surface area contributed by atoms with Crippen molar-refractivity contribution in [3.05, 3.63) is 16.1 Å². The van der Waals surface area contributed by atoms with E-state index in [2.05, 4.69) is 4.98 Å². The molecule has 2 heterocycles. The number of aromatic nitrogens is 1. The van der Waals surface area contributed by atoms with E-state index in [0.29, 0.717) is 36.5 Å². The van der Waals surface area contributed by atoms with E-state index in [1.807, 2.05) is 0 Å². The molecule has 2 rings (SSSR count). The Balaban J connectivity index is 1.80. The highest BCUT2D eigenvalue weighted by molar-refractivity contribution is 7.11. The highest BCUT2D eigenvalue weighted by Crippen LogP contribution is 2.19. The third-order valence-electron chi connectivity index (χ3n) is 3.14. The first-order chi connectivity index (χ1) is 9.06. The summed E-state index contributed by atoms with van der Waals surface area (Å²) in [4.78, 5) is 18.1. The van der Waals surface area contributed by atoms with Gasteiger partial charge in [-0.3, -0.25) is 4.90 Å². The van der Waals surface area contributed by atoms with Crippen molar-refractivity contribution < 1.29 is 18.3 Å². The molecule has 1 aliphatic rings. The molecule has 0 spiro atoms. The number of likely N-dealkylation sites (tertiary alicyclic amines) is 1. The Morgan fingerprint density at radius 3 is 2.79 bits per heavy atom. The minimum absolute atomic E-state index is 0.178. The Bertz CT molecular complexity index is 431. The van der Waals surface area contributed by atoms with Crippen LogP contribution in [0.5, 0.6) is 0 Å². The van der Waals surface area contributed by atoms with E-state index >= 15 is 0 Å². The average molecular weight is 290 g/mol. The molecule has 0 N–H and O–H groups in total. The van der Waals surface area contributed by atoms with Crippen LogP contribution in [0.3, 0.4) is 0 Å². The molecule has 0 aromatic carbocycles. The van der Waals surface area contributed by atoms with Gasteiger partial charge >= 0.3 is 5.97 Å². The van der Waals surface area contributed by atoms with Crippen molar-refractivity contribution in [2.24, 2.45) is 0 Å². The molecule has 0 bridgehead atoms. The SMILES string of the molecule is Cc1ncsc1C(=O)OC1CCN(CC(F)F)CC1. The summed E-state index contributed by atoms with van der Waals surface area (Å²) in [5.41, 5.74) is 2.28. The van der Waals surface area contributed by atoms with Gasteiger partial charge in [-0.25, -0.2) is 18.6 Å². The van der Waals surface area contributed by atoms with Gasteiger partial charge in [0.2, 0.25) is 0 Å². The topological polar surface area (TPSA) is 42.4 Å². The molecule has 1 aromatic rings. The average Bonchev–Trinajstić information content (AvgIpc) is 2.77. The first-order valence-corrected chi connectivity index (χ1v) is 7.06. The summed E-state index contributed by atoms with van der Waals surface area (Å²) in [6, 6.07) is 0. The maximum atomic E-state index is 12.2. The second-order valence-electron chi connectivity index (χ2n) is 4.56. The lowest BCUT2D eigenvalue weighted by Crippen LogP contribution is -2.40. The number of aryl methyl sites for hydroxylation is 1. The predicted octanol–water partition coefficient (Wildman–Crippen LogP) is 2.34. The molecule has 0 saturated carbocycles. The van der Waals surface area contributed by atoms with E-state index in [0.717, 1.165) is 0 Å². The van der Waals surface area contributed by atoms with Crippen molar-refractivity contribution in [2.45, 2.75) is 32.3 Å².